The number of fused-ring (bicyclic) bond motifs is 1. The zero-order valence-corrected chi connectivity index (χ0v) is 13.4. The third-order valence-corrected chi connectivity index (χ3v) is 3.68. The molecule has 0 saturated carbocycles. The smallest absolute Gasteiger partial charge is 0.322 e. The van der Waals surface area contributed by atoms with Crippen LogP contribution in [0.15, 0.2) is 30.5 Å². The van der Waals surface area contributed by atoms with E-state index in [1.165, 1.54) is 0 Å². The second-order valence-corrected chi connectivity index (χ2v) is 5.53. The van der Waals surface area contributed by atoms with Gasteiger partial charge in [-0.05, 0) is 11.6 Å². The van der Waals surface area contributed by atoms with Gasteiger partial charge in [0.25, 0.3) is 0 Å². The summed E-state index contributed by atoms with van der Waals surface area (Å²) < 4.78 is 0. The highest BCUT2D eigenvalue weighted by Crippen LogP contribution is 2.19. The second-order valence-electron chi connectivity index (χ2n) is 5.53. The van der Waals surface area contributed by atoms with Crippen molar-refractivity contribution in [1.82, 2.24) is 15.6 Å². The number of hydrogen-bond donors (Lipinski definition) is 6. The number of rotatable bonds is 8. The van der Waals surface area contributed by atoms with Crippen LogP contribution in [0.3, 0.4) is 0 Å². The highest BCUT2D eigenvalue weighted by atomic mass is 16.4. The van der Waals surface area contributed by atoms with Crippen molar-refractivity contribution >= 4 is 28.7 Å². The van der Waals surface area contributed by atoms with E-state index >= 15 is 0 Å². The summed E-state index contributed by atoms with van der Waals surface area (Å²) in [5, 5.41) is 23.2. The molecule has 2 amide bonds. The lowest BCUT2D eigenvalue weighted by atomic mass is 10.0. The van der Waals surface area contributed by atoms with Crippen LogP contribution in [-0.4, -0.2) is 58.2 Å². The van der Waals surface area contributed by atoms with E-state index in [2.05, 4.69) is 15.6 Å². The molecule has 9 nitrogen and oxygen atoms in total. The number of aliphatic carboxylic acids is 1. The Morgan fingerprint density at radius 1 is 1.20 bits per heavy atom. The van der Waals surface area contributed by atoms with Crippen molar-refractivity contribution in [3.05, 3.63) is 36.0 Å². The molecule has 1 aromatic carbocycles. The fraction of sp³-hybridized carbons (Fsp3) is 0.312. The lowest BCUT2D eigenvalue weighted by Gasteiger charge is -2.19. The highest BCUT2D eigenvalue weighted by Gasteiger charge is 2.25. The van der Waals surface area contributed by atoms with Crippen LogP contribution < -0.4 is 16.4 Å². The summed E-state index contributed by atoms with van der Waals surface area (Å²) in [6.07, 6.45) is 1.86. The van der Waals surface area contributed by atoms with Gasteiger partial charge in [-0.3, -0.25) is 14.4 Å². The van der Waals surface area contributed by atoms with E-state index in [1.807, 2.05) is 24.3 Å². The minimum atomic E-state index is -1.20. The van der Waals surface area contributed by atoms with Crippen molar-refractivity contribution in [2.75, 3.05) is 13.2 Å². The molecule has 0 fully saturated rings. The molecule has 2 atom stereocenters. The van der Waals surface area contributed by atoms with Gasteiger partial charge >= 0.3 is 5.97 Å². The van der Waals surface area contributed by atoms with Gasteiger partial charge in [0, 0.05) is 23.5 Å². The molecule has 2 aromatic rings. The maximum atomic E-state index is 12.3. The van der Waals surface area contributed by atoms with Gasteiger partial charge in [0.2, 0.25) is 11.8 Å². The topological polar surface area (TPSA) is 158 Å². The number of aliphatic hydroxyl groups excluding tert-OH is 1. The van der Waals surface area contributed by atoms with E-state index in [9.17, 15) is 14.4 Å². The van der Waals surface area contributed by atoms with E-state index in [1.54, 1.807) is 6.20 Å². The highest BCUT2D eigenvalue weighted by molar-refractivity contribution is 5.92. The molecule has 2 unspecified atom stereocenters. The molecule has 134 valence electrons. The first-order valence-corrected chi connectivity index (χ1v) is 7.63. The summed E-state index contributed by atoms with van der Waals surface area (Å²) in [7, 11) is 0. The number of amides is 2. The molecule has 0 aliphatic rings. The largest absolute Gasteiger partial charge is 0.480 e. The van der Waals surface area contributed by atoms with Gasteiger partial charge in [-0.15, -0.1) is 0 Å². The van der Waals surface area contributed by atoms with Crippen molar-refractivity contribution in [1.29, 1.82) is 0 Å². The van der Waals surface area contributed by atoms with Crippen LogP contribution in [0.5, 0.6) is 0 Å². The molecule has 0 saturated heterocycles. The molecule has 0 bridgehead atoms. The number of aliphatic hydroxyl groups is 1. The number of hydrogen-bond acceptors (Lipinski definition) is 5. The van der Waals surface area contributed by atoms with Gasteiger partial charge in [0.1, 0.15) is 18.6 Å². The number of benzene rings is 1. The zero-order chi connectivity index (χ0) is 18.4. The first-order chi connectivity index (χ1) is 11.9. The van der Waals surface area contributed by atoms with Gasteiger partial charge in [-0.2, -0.15) is 0 Å². The van der Waals surface area contributed by atoms with Crippen LogP contribution in [0.1, 0.15) is 5.56 Å². The first-order valence-electron chi connectivity index (χ1n) is 7.63. The van der Waals surface area contributed by atoms with E-state index < -0.39 is 43.0 Å². The Hall–Kier alpha value is -2.91. The number of carboxylic acid groups (broad SMARTS) is 1. The predicted octanol–water partition coefficient (Wildman–Crippen LogP) is -1.28. The maximum absolute atomic E-state index is 12.3. The van der Waals surface area contributed by atoms with Crippen LogP contribution in [0.4, 0.5) is 0 Å². The van der Waals surface area contributed by atoms with Crippen molar-refractivity contribution in [2.45, 2.75) is 18.5 Å². The standard InChI is InChI=1S/C16H20N4O5/c17-11(8-21)15(24)20-13(16(25)19-7-14(22)23)5-9-6-18-12-4-2-1-3-10(9)12/h1-4,6,11,13,18,21H,5,7-8,17H2,(H,19,25)(H,20,24)(H,22,23). The molecule has 0 spiro atoms. The van der Waals surface area contributed by atoms with Crippen LogP contribution in [0.25, 0.3) is 10.9 Å². The van der Waals surface area contributed by atoms with Crippen LogP contribution in [0.2, 0.25) is 0 Å². The zero-order valence-electron chi connectivity index (χ0n) is 13.4. The van der Waals surface area contributed by atoms with Gasteiger partial charge in [-0.1, -0.05) is 18.2 Å². The van der Waals surface area contributed by atoms with Crippen LogP contribution >= 0.6 is 0 Å². The predicted molar refractivity (Wildman–Crippen MR) is 89.6 cm³/mol. The molecule has 7 N–H and O–H groups in total. The van der Waals surface area contributed by atoms with Gasteiger partial charge in [-0.25, -0.2) is 0 Å². The minimum Gasteiger partial charge on any atom is -0.480 e. The molecule has 0 aliphatic carbocycles. The number of nitrogens with two attached hydrogens (primary N) is 1. The summed E-state index contributed by atoms with van der Waals surface area (Å²) >= 11 is 0. The lowest BCUT2D eigenvalue weighted by molar-refractivity contribution is -0.138. The van der Waals surface area contributed by atoms with E-state index in [0.717, 1.165) is 16.5 Å². The summed E-state index contributed by atoms with van der Waals surface area (Å²) in [5.41, 5.74) is 7.11. The molecule has 1 heterocycles. The minimum absolute atomic E-state index is 0.138. The summed E-state index contributed by atoms with van der Waals surface area (Å²) in [4.78, 5) is 37.9. The number of carboxylic acids is 1. The Balaban J connectivity index is 2.19. The normalized spacial score (nSPS) is 13.2. The molecule has 2 rings (SSSR count). The van der Waals surface area contributed by atoms with Gasteiger partial charge < -0.3 is 31.6 Å². The molecule has 0 radical (unpaired) electrons. The quantitative estimate of drug-likeness (QED) is 0.348. The number of carbonyl (C=O) groups is 3. The summed E-state index contributed by atoms with van der Waals surface area (Å²) in [5.74, 6) is -2.54. The Morgan fingerprint density at radius 3 is 2.60 bits per heavy atom. The lowest BCUT2D eigenvalue weighted by Crippen LogP contribution is -2.53. The van der Waals surface area contributed by atoms with Crippen molar-refractivity contribution in [3.63, 3.8) is 0 Å². The Bertz CT molecular complexity index is 773. The summed E-state index contributed by atoms with van der Waals surface area (Å²) in [6, 6.07) is 5.26. The number of carbonyl (C=O) groups excluding carboxylic acids is 2. The van der Waals surface area contributed by atoms with Gasteiger partial charge in [0.15, 0.2) is 0 Å². The Labute approximate surface area is 143 Å². The number of aromatic nitrogens is 1. The van der Waals surface area contributed by atoms with Crippen LogP contribution in [-0.2, 0) is 20.8 Å². The molecular formula is C16H20N4O5. The molecule has 25 heavy (non-hydrogen) atoms. The maximum Gasteiger partial charge on any atom is 0.322 e. The Morgan fingerprint density at radius 2 is 1.92 bits per heavy atom. The average molecular weight is 348 g/mol. The van der Waals surface area contributed by atoms with E-state index in [0.29, 0.717) is 0 Å². The van der Waals surface area contributed by atoms with Crippen molar-refractivity contribution in [3.8, 4) is 0 Å². The van der Waals surface area contributed by atoms with E-state index in [4.69, 9.17) is 15.9 Å². The first kappa shape index (κ1) is 18.4. The molecule has 9 heteroatoms. The third kappa shape index (κ3) is 4.78. The SMILES string of the molecule is NC(CO)C(=O)NC(Cc1c[nH]c2ccccc12)C(=O)NCC(=O)O. The summed E-state index contributed by atoms with van der Waals surface area (Å²) in [6.45, 7) is -1.13. The van der Waals surface area contributed by atoms with Crippen LogP contribution in [0, 0.1) is 0 Å². The Kier molecular flexibility index (Phi) is 6.09. The number of para-hydroxylation sites is 1. The fourth-order valence-electron chi connectivity index (χ4n) is 2.38. The monoisotopic (exact) mass is 348 g/mol. The number of H-pyrrole nitrogens is 1. The number of nitrogens with one attached hydrogen (secondary N) is 3. The molecule has 1 aromatic heterocycles. The second kappa shape index (κ2) is 8.27. The average Bonchev–Trinajstić information content (AvgIpc) is 3.01. The number of aromatic amines is 1. The molecular weight excluding hydrogens is 328 g/mol. The van der Waals surface area contributed by atoms with Crippen molar-refractivity contribution < 1.29 is 24.6 Å². The fourth-order valence-corrected chi connectivity index (χ4v) is 2.38. The van der Waals surface area contributed by atoms with Crippen molar-refractivity contribution in [2.24, 2.45) is 5.73 Å². The third-order valence-electron chi connectivity index (χ3n) is 3.68. The van der Waals surface area contributed by atoms with E-state index in [-0.39, 0.29) is 6.42 Å². The molecule has 0 aliphatic heterocycles. The van der Waals surface area contributed by atoms with Gasteiger partial charge in [0.05, 0.1) is 6.61 Å².